The summed E-state index contributed by atoms with van der Waals surface area (Å²) in [7, 11) is 0. The zero-order chi connectivity index (χ0) is 17.3. The predicted octanol–water partition coefficient (Wildman–Crippen LogP) is 4.24. The van der Waals surface area contributed by atoms with Crippen molar-refractivity contribution in [3.05, 3.63) is 46.8 Å². The van der Waals surface area contributed by atoms with Crippen LogP contribution in [0.15, 0.2) is 18.2 Å². The van der Waals surface area contributed by atoms with E-state index < -0.39 is 17.6 Å². The van der Waals surface area contributed by atoms with Gasteiger partial charge in [-0.2, -0.15) is 5.10 Å². The van der Waals surface area contributed by atoms with Crippen LogP contribution in [-0.4, -0.2) is 20.9 Å². The van der Waals surface area contributed by atoms with Crippen molar-refractivity contribution in [3.8, 4) is 5.69 Å². The third-order valence-corrected chi connectivity index (χ3v) is 6.23. The van der Waals surface area contributed by atoms with Crippen molar-refractivity contribution in [1.29, 1.82) is 0 Å². The second-order valence-corrected chi connectivity index (χ2v) is 7.76. The minimum Gasteiger partial charge on any atom is -0.476 e. The van der Waals surface area contributed by atoms with E-state index >= 15 is 0 Å². The third kappa shape index (κ3) is 2.16. The van der Waals surface area contributed by atoms with Gasteiger partial charge in [-0.25, -0.2) is 18.3 Å². The number of carboxylic acids is 1. The van der Waals surface area contributed by atoms with Crippen LogP contribution in [0.3, 0.4) is 0 Å². The van der Waals surface area contributed by atoms with Crippen molar-refractivity contribution >= 4 is 5.97 Å². The van der Waals surface area contributed by atoms with Crippen LogP contribution in [0, 0.1) is 23.5 Å². The maximum absolute atomic E-state index is 14.4. The zero-order valence-electron chi connectivity index (χ0n) is 13.6. The lowest BCUT2D eigenvalue weighted by molar-refractivity contribution is 0.0686. The molecule has 0 saturated heterocycles. The molecule has 4 aliphatic rings. The van der Waals surface area contributed by atoms with Crippen LogP contribution in [0.2, 0.25) is 0 Å². The standard InChI is InChI=1S/C19H18F2N2O2/c20-13-1-2-15(14(21)8-13)23-18-12-6-9-3-10(7-12)5-11(4-9)16(18)17(22-23)19(24)25/h1-2,8-12H,3-7H2,(H,24,25). The van der Waals surface area contributed by atoms with E-state index in [1.165, 1.54) is 23.2 Å². The molecule has 2 aromatic rings. The molecule has 2 fully saturated rings. The number of hydrogen-bond donors (Lipinski definition) is 1. The Hall–Kier alpha value is -2.24. The molecule has 0 spiro atoms. The summed E-state index contributed by atoms with van der Waals surface area (Å²) in [6.45, 7) is 0. The second-order valence-electron chi connectivity index (χ2n) is 7.76. The number of carboxylic acid groups (broad SMARTS) is 1. The topological polar surface area (TPSA) is 55.1 Å². The maximum atomic E-state index is 14.4. The van der Waals surface area contributed by atoms with E-state index in [1.807, 2.05) is 0 Å². The molecule has 1 aromatic heterocycles. The molecule has 25 heavy (non-hydrogen) atoms. The highest BCUT2D eigenvalue weighted by Gasteiger charge is 2.46. The van der Waals surface area contributed by atoms with Crippen LogP contribution >= 0.6 is 0 Å². The van der Waals surface area contributed by atoms with Gasteiger partial charge >= 0.3 is 5.97 Å². The van der Waals surface area contributed by atoms with Gasteiger partial charge in [0.05, 0.1) is 5.69 Å². The lowest BCUT2D eigenvalue weighted by atomic mass is 9.67. The number of hydrogen-bond acceptors (Lipinski definition) is 2. The van der Waals surface area contributed by atoms with Gasteiger partial charge in [0.1, 0.15) is 11.5 Å². The van der Waals surface area contributed by atoms with Crippen molar-refractivity contribution in [1.82, 2.24) is 9.78 Å². The Kier molecular flexibility index (Phi) is 3.09. The van der Waals surface area contributed by atoms with Gasteiger partial charge in [-0.3, -0.25) is 0 Å². The average molecular weight is 344 g/mol. The van der Waals surface area contributed by atoms with Crippen LogP contribution in [0.4, 0.5) is 8.78 Å². The average Bonchev–Trinajstić information content (AvgIpc) is 2.86. The highest BCUT2D eigenvalue weighted by molar-refractivity contribution is 5.88. The minimum absolute atomic E-state index is 0.0388. The summed E-state index contributed by atoms with van der Waals surface area (Å²) in [5.41, 5.74) is 1.81. The molecule has 2 saturated carbocycles. The molecule has 0 aliphatic heterocycles. The Morgan fingerprint density at radius 1 is 1.08 bits per heavy atom. The Morgan fingerprint density at radius 2 is 1.76 bits per heavy atom. The fourth-order valence-electron chi connectivity index (χ4n) is 5.54. The molecule has 4 bridgehead atoms. The molecule has 6 rings (SSSR count). The quantitative estimate of drug-likeness (QED) is 0.886. The van der Waals surface area contributed by atoms with Crippen molar-refractivity contribution in [2.75, 3.05) is 0 Å². The smallest absolute Gasteiger partial charge is 0.356 e. The molecule has 0 amide bonds. The molecule has 130 valence electrons. The first-order valence-corrected chi connectivity index (χ1v) is 8.82. The molecular weight excluding hydrogens is 326 g/mol. The van der Waals surface area contributed by atoms with Gasteiger partial charge in [-0.15, -0.1) is 0 Å². The Labute approximate surface area is 143 Å². The van der Waals surface area contributed by atoms with Crippen molar-refractivity contribution in [2.24, 2.45) is 11.8 Å². The monoisotopic (exact) mass is 344 g/mol. The third-order valence-electron chi connectivity index (χ3n) is 6.23. The molecule has 2 atom stereocenters. The lowest BCUT2D eigenvalue weighted by Crippen LogP contribution is -2.26. The maximum Gasteiger partial charge on any atom is 0.356 e. The molecule has 1 aromatic carbocycles. The summed E-state index contributed by atoms with van der Waals surface area (Å²) in [4.78, 5) is 11.8. The van der Waals surface area contributed by atoms with Crippen molar-refractivity contribution < 1.29 is 18.7 Å². The molecule has 2 unspecified atom stereocenters. The zero-order valence-corrected chi connectivity index (χ0v) is 13.6. The summed E-state index contributed by atoms with van der Waals surface area (Å²) < 4.78 is 29.2. The molecule has 6 heteroatoms. The van der Waals surface area contributed by atoms with Crippen LogP contribution in [0.25, 0.3) is 5.69 Å². The van der Waals surface area contributed by atoms with E-state index in [0.29, 0.717) is 11.8 Å². The number of carbonyl (C=O) groups is 1. The van der Waals surface area contributed by atoms with Gasteiger partial charge in [-0.1, -0.05) is 0 Å². The number of rotatable bonds is 2. The normalized spacial score (nSPS) is 29.5. The van der Waals surface area contributed by atoms with Crippen molar-refractivity contribution in [3.63, 3.8) is 0 Å². The number of nitrogens with zero attached hydrogens (tertiary/aromatic N) is 2. The van der Waals surface area contributed by atoms with E-state index in [4.69, 9.17) is 0 Å². The lowest BCUT2D eigenvalue weighted by Gasteiger charge is -2.38. The van der Waals surface area contributed by atoms with Gasteiger partial charge < -0.3 is 5.11 Å². The Balaban J connectivity index is 1.77. The number of aromatic carboxylic acids is 1. The summed E-state index contributed by atoms with van der Waals surface area (Å²) in [6.07, 6.45) is 5.23. The van der Waals surface area contributed by atoms with Gasteiger partial charge in [-0.05, 0) is 62.0 Å². The molecule has 0 radical (unpaired) electrons. The highest BCUT2D eigenvalue weighted by atomic mass is 19.1. The number of aromatic nitrogens is 2. The van der Waals surface area contributed by atoms with Gasteiger partial charge in [0.25, 0.3) is 0 Å². The first kappa shape index (κ1) is 15.0. The predicted molar refractivity (Wildman–Crippen MR) is 86.0 cm³/mol. The van der Waals surface area contributed by atoms with Crippen LogP contribution in [0.1, 0.15) is 65.7 Å². The fraction of sp³-hybridized carbons (Fsp3) is 0.474. The molecular formula is C19H18F2N2O2. The van der Waals surface area contributed by atoms with Gasteiger partial charge in [0.15, 0.2) is 11.5 Å². The van der Waals surface area contributed by atoms with E-state index in [9.17, 15) is 18.7 Å². The fourth-order valence-corrected chi connectivity index (χ4v) is 5.54. The summed E-state index contributed by atoms with van der Waals surface area (Å²) in [5, 5.41) is 13.9. The summed E-state index contributed by atoms with van der Waals surface area (Å²) >= 11 is 0. The van der Waals surface area contributed by atoms with Crippen LogP contribution < -0.4 is 0 Å². The van der Waals surface area contributed by atoms with E-state index in [-0.39, 0.29) is 23.2 Å². The van der Waals surface area contributed by atoms with E-state index in [2.05, 4.69) is 5.10 Å². The SMILES string of the molecule is O=C(O)c1nn(-c2ccc(F)cc2F)c2c1C1CC3CC(C1)CC2C3. The van der Waals surface area contributed by atoms with Gasteiger partial charge in [0, 0.05) is 17.5 Å². The second kappa shape index (κ2) is 5.13. The molecule has 4 aliphatic carbocycles. The van der Waals surface area contributed by atoms with Crippen molar-refractivity contribution in [2.45, 2.75) is 43.9 Å². The Bertz CT molecular complexity index is 878. The minimum atomic E-state index is -1.07. The molecule has 1 heterocycles. The summed E-state index contributed by atoms with van der Waals surface area (Å²) in [6, 6.07) is 3.36. The largest absolute Gasteiger partial charge is 0.476 e. The van der Waals surface area contributed by atoms with Crippen LogP contribution in [-0.2, 0) is 0 Å². The first-order chi connectivity index (χ1) is 12.0. The highest BCUT2D eigenvalue weighted by Crippen LogP contribution is 2.57. The van der Waals surface area contributed by atoms with Gasteiger partial charge in [0.2, 0.25) is 0 Å². The number of halogens is 2. The van der Waals surface area contributed by atoms with E-state index in [1.54, 1.807) is 0 Å². The first-order valence-electron chi connectivity index (χ1n) is 8.82. The van der Waals surface area contributed by atoms with Crippen LogP contribution in [0.5, 0.6) is 0 Å². The molecule has 4 nitrogen and oxygen atoms in total. The molecule has 1 N–H and O–H groups in total. The number of benzene rings is 1. The Morgan fingerprint density at radius 3 is 2.40 bits per heavy atom. The summed E-state index contributed by atoms with van der Waals surface area (Å²) in [5.74, 6) is -0.820. The van der Waals surface area contributed by atoms with E-state index in [0.717, 1.165) is 43.0 Å².